The van der Waals surface area contributed by atoms with Crippen LogP contribution >= 0.6 is 0 Å². The molecule has 0 fully saturated rings. The van der Waals surface area contributed by atoms with E-state index in [1.807, 2.05) is 6.92 Å². The van der Waals surface area contributed by atoms with Crippen molar-refractivity contribution in [2.24, 2.45) is 0 Å². The molecule has 114 valence electrons. The Hall–Kier alpha value is -1.76. The van der Waals surface area contributed by atoms with E-state index in [4.69, 9.17) is 9.66 Å². The second kappa shape index (κ2) is 7.87. The molecule has 0 aromatic heterocycles. The van der Waals surface area contributed by atoms with E-state index < -0.39 is 10.1 Å². The van der Waals surface area contributed by atoms with Gasteiger partial charge in [0.1, 0.15) is 5.82 Å². The first-order chi connectivity index (χ1) is 9.84. The second-order valence-corrected chi connectivity index (χ2v) is 5.77. The van der Waals surface area contributed by atoms with Gasteiger partial charge >= 0.3 is 0 Å². The summed E-state index contributed by atoms with van der Waals surface area (Å²) in [4.78, 5) is -0.0666. The lowest BCUT2D eigenvalue weighted by Crippen LogP contribution is -1.96. The summed E-state index contributed by atoms with van der Waals surface area (Å²) in [6, 6.07) is 12.4. The molecule has 0 aliphatic heterocycles. The van der Waals surface area contributed by atoms with E-state index in [9.17, 15) is 12.8 Å². The molecular formula is C15H17FO4S. The molecule has 0 amide bonds. The van der Waals surface area contributed by atoms with Crippen LogP contribution in [0.15, 0.2) is 53.4 Å². The van der Waals surface area contributed by atoms with Crippen LogP contribution in [0.2, 0.25) is 0 Å². The molecular weight excluding hydrogens is 295 g/mol. The first kappa shape index (κ1) is 17.3. The van der Waals surface area contributed by atoms with Crippen molar-refractivity contribution in [2.45, 2.75) is 18.2 Å². The third-order valence-electron chi connectivity index (χ3n) is 2.66. The normalized spacial score (nSPS) is 10.7. The van der Waals surface area contributed by atoms with Gasteiger partial charge in [0.25, 0.3) is 10.1 Å². The number of halogens is 1. The molecule has 4 nitrogen and oxygen atoms in total. The van der Waals surface area contributed by atoms with Gasteiger partial charge in [-0.15, -0.1) is 0 Å². The summed E-state index contributed by atoms with van der Waals surface area (Å²) < 4.78 is 42.2. The van der Waals surface area contributed by atoms with E-state index in [0.29, 0.717) is 12.0 Å². The average molecular weight is 312 g/mol. The summed E-state index contributed by atoms with van der Waals surface area (Å²) in [5, 5.41) is 8.48. The minimum Gasteiger partial charge on any atom is -0.396 e. The highest BCUT2D eigenvalue weighted by Crippen LogP contribution is 2.08. The van der Waals surface area contributed by atoms with Crippen LogP contribution in [-0.2, 0) is 16.5 Å². The Morgan fingerprint density at radius 3 is 2.10 bits per heavy atom. The molecule has 0 atom stereocenters. The van der Waals surface area contributed by atoms with Gasteiger partial charge in [0.05, 0.1) is 4.90 Å². The third kappa shape index (κ3) is 6.03. The topological polar surface area (TPSA) is 74.6 Å². The smallest absolute Gasteiger partial charge is 0.294 e. The molecule has 2 aromatic carbocycles. The largest absolute Gasteiger partial charge is 0.396 e. The van der Waals surface area contributed by atoms with Crippen LogP contribution in [0.4, 0.5) is 4.39 Å². The Kier molecular flexibility index (Phi) is 6.48. The maximum absolute atomic E-state index is 12.7. The maximum atomic E-state index is 12.7. The lowest BCUT2D eigenvalue weighted by atomic mass is 10.1. The molecule has 0 unspecified atom stereocenters. The molecule has 21 heavy (non-hydrogen) atoms. The monoisotopic (exact) mass is 312 g/mol. The Morgan fingerprint density at radius 2 is 1.62 bits per heavy atom. The van der Waals surface area contributed by atoms with Gasteiger partial charge < -0.3 is 5.11 Å². The molecule has 0 bridgehead atoms. The average Bonchev–Trinajstić information content (AvgIpc) is 2.42. The van der Waals surface area contributed by atoms with E-state index in [0.717, 1.165) is 5.56 Å². The number of benzene rings is 2. The van der Waals surface area contributed by atoms with E-state index in [-0.39, 0.29) is 17.3 Å². The minimum atomic E-state index is -4.02. The quantitative estimate of drug-likeness (QED) is 0.854. The van der Waals surface area contributed by atoms with Crippen LogP contribution in [0.25, 0.3) is 0 Å². The molecule has 0 radical (unpaired) electrons. The lowest BCUT2D eigenvalue weighted by Gasteiger charge is -1.97. The Morgan fingerprint density at radius 1 is 1.05 bits per heavy atom. The van der Waals surface area contributed by atoms with Gasteiger partial charge in [-0.1, -0.05) is 35.9 Å². The second-order valence-electron chi connectivity index (χ2n) is 4.35. The van der Waals surface area contributed by atoms with E-state index in [1.54, 1.807) is 30.3 Å². The summed E-state index contributed by atoms with van der Waals surface area (Å²) in [5.74, 6) is -0.239. The van der Waals surface area contributed by atoms with Crippen molar-refractivity contribution in [2.75, 3.05) is 6.61 Å². The van der Waals surface area contributed by atoms with Gasteiger partial charge in [-0.3, -0.25) is 4.55 Å². The Balaban J connectivity index is 0.000000211. The highest BCUT2D eigenvalue weighted by atomic mass is 32.2. The molecule has 0 heterocycles. The molecule has 0 aliphatic rings. The SMILES string of the molecule is Cc1ccc(S(=O)(=O)O)cc1.OCCc1ccccc1F. The zero-order valence-electron chi connectivity index (χ0n) is 11.5. The molecule has 2 aromatic rings. The Bertz CT molecular complexity index is 666. The first-order valence-electron chi connectivity index (χ1n) is 6.23. The number of aryl methyl sites for hydroxylation is 1. The molecule has 2 N–H and O–H groups in total. The summed E-state index contributed by atoms with van der Waals surface area (Å²) in [6.45, 7) is 1.84. The van der Waals surface area contributed by atoms with Crippen LogP contribution in [0.5, 0.6) is 0 Å². The first-order valence-corrected chi connectivity index (χ1v) is 7.67. The highest BCUT2D eigenvalue weighted by Gasteiger charge is 2.06. The van der Waals surface area contributed by atoms with Crippen LogP contribution in [-0.4, -0.2) is 24.7 Å². The van der Waals surface area contributed by atoms with Crippen molar-refractivity contribution in [3.05, 3.63) is 65.5 Å². The zero-order chi connectivity index (χ0) is 15.9. The number of hydrogen-bond acceptors (Lipinski definition) is 3. The van der Waals surface area contributed by atoms with Crippen molar-refractivity contribution in [1.82, 2.24) is 0 Å². The molecule has 2 rings (SSSR count). The molecule has 0 aliphatic carbocycles. The zero-order valence-corrected chi connectivity index (χ0v) is 12.3. The third-order valence-corrected chi connectivity index (χ3v) is 3.53. The van der Waals surface area contributed by atoms with Gasteiger partial charge in [-0.25, -0.2) is 4.39 Å². The van der Waals surface area contributed by atoms with E-state index >= 15 is 0 Å². The fourth-order valence-electron chi connectivity index (χ4n) is 1.53. The number of hydrogen-bond donors (Lipinski definition) is 2. The lowest BCUT2D eigenvalue weighted by molar-refractivity contribution is 0.297. The Labute approximate surface area is 123 Å². The van der Waals surface area contributed by atoms with E-state index in [2.05, 4.69) is 0 Å². The van der Waals surface area contributed by atoms with Gasteiger partial charge in [-0.2, -0.15) is 8.42 Å². The van der Waals surface area contributed by atoms with Crippen molar-refractivity contribution < 1.29 is 22.5 Å². The molecule has 0 saturated carbocycles. The maximum Gasteiger partial charge on any atom is 0.294 e. The standard InChI is InChI=1S/C8H9FO.C7H8O3S/c9-8-4-2-1-3-7(8)5-6-10;1-6-2-4-7(5-3-6)11(8,9)10/h1-4,10H,5-6H2;2-5H,1H3,(H,8,9,10). The predicted octanol–water partition coefficient (Wildman–Crippen LogP) is 2.60. The van der Waals surface area contributed by atoms with Crippen molar-refractivity contribution >= 4 is 10.1 Å². The predicted molar refractivity (Wildman–Crippen MR) is 78.2 cm³/mol. The summed E-state index contributed by atoms with van der Waals surface area (Å²) in [7, 11) is -4.02. The van der Waals surface area contributed by atoms with Crippen LogP contribution in [0.1, 0.15) is 11.1 Å². The summed E-state index contributed by atoms with van der Waals surface area (Å²) >= 11 is 0. The highest BCUT2D eigenvalue weighted by molar-refractivity contribution is 7.85. The van der Waals surface area contributed by atoms with Crippen molar-refractivity contribution in [3.8, 4) is 0 Å². The fourth-order valence-corrected chi connectivity index (χ4v) is 2.01. The minimum absolute atomic E-state index is 0.000926. The van der Waals surface area contributed by atoms with Gasteiger partial charge in [0.15, 0.2) is 0 Å². The molecule has 0 saturated heterocycles. The number of aliphatic hydroxyl groups excluding tert-OH is 1. The van der Waals surface area contributed by atoms with Gasteiger partial charge in [0.2, 0.25) is 0 Å². The summed E-state index contributed by atoms with van der Waals surface area (Å²) in [6.07, 6.45) is 0.396. The summed E-state index contributed by atoms with van der Waals surface area (Å²) in [5.41, 5.74) is 1.53. The molecule has 0 spiro atoms. The van der Waals surface area contributed by atoms with E-state index in [1.165, 1.54) is 18.2 Å². The van der Waals surface area contributed by atoms with Crippen molar-refractivity contribution in [3.63, 3.8) is 0 Å². The van der Waals surface area contributed by atoms with Crippen LogP contribution in [0.3, 0.4) is 0 Å². The van der Waals surface area contributed by atoms with Crippen molar-refractivity contribution in [1.29, 1.82) is 0 Å². The number of rotatable bonds is 3. The van der Waals surface area contributed by atoms with Crippen LogP contribution in [0, 0.1) is 12.7 Å². The van der Waals surface area contributed by atoms with Crippen LogP contribution < -0.4 is 0 Å². The van der Waals surface area contributed by atoms with Gasteiger partial charge in [-0.05, 0) is 37.1 Å². The number of aliphatic hydroxyl groups is 1. The molecule has 6 heteroatoms. The fraction of sp³-hybridized carbons (Fsp3) is 0.200. The van der Waals surface area contributed by atoms with Gasteiger partial charge in [0, 0.05) is 6.61 Å².